The average Bonchev–Trinajstić information content (AvgIpc) is 2.34. The standard InChI is InChI=1S/C9H11NO3.C2H6O.BH3O2/c10-8(9(12)13)5-6-1-3-7(11)4-2-6;1-3-2;2-1-3/h1-4,8,11H,5,10H2,(H,12,13);1-2H3;1-3H. The number of phenolic OH excluding ortho intramolecular Hbond substituents is 1. The van der Waals surface area contributed by atoms with Gasteiger partial charge in [0.1, 0.15) is 11.8 Å². The molecular weight excluding hydrogens is 253 g/mol. The number of rotatable bonds is 3. The van der Waals surface area contributed by atoms with Crippen molar-refractivity contribution in [3.05, 3.63) is 29.8 Å². The van der Waals surface area contributed by atoms with Gasteiger partial charge in [0.05, 0.1) is 0 Å². The molecule has 1 unspecified atom stereocenters. The summed E-state index contributed by atoms with van der Waals surface area (Å²) in [4.78, 5) is 10.4. The Labute approximate surface area is 112 Å². The number of phenols is 1. The normalized spacial score (nSPS) is 10.2. The minimum atomic E-state index is -1.02. The summed E-state index contributed by atoms with van der Waals surface area (Å²) in [6, 6.07) is 5.42. The average molecular weight is 273 g/mol. The van der Waals surface area contributed by atoms with Gasteiger partial charge in [-0.1, -0.05) is 12.1 Å². The number of ether oxygens (including phenoxy) is 1. The molecule has 0 heterocycles. The Kier molecular flexibility index (Phi) is 13.3. The number of carbonyl (C=O) groups is 1. The molecule has 0 fully saturated rings. The van der Waals surface area contributed by atoms with E-state index in [1.54, 1.807) is 26.4 Å². The lowest BCUT2D eigenvalue weighted by molar-refractivity contribution is -0.138. The van der Waals surface area contributed by atoms with E-state index in [1.807, 2.05) is 0 Å². The van der Waals surface area contributed by atoms with Gasteiger partial charge in [0.25, 0.3) is 0 Å². The molecule has 1 aromatic carbocycles. The van der Waals surface area contributed by atoms with Crippen LogP contribution < -0.4 is 5.73 Å². The summed E-state index contributed by atoms with van der Waals surface area (Å²) < 4.78 is 4.25. The number of carboxylic acids is 1. The van der Waals surface area contributed by atoms with Gasteiger partial charge in [-0.15, -0.1) is 0 Å². The van der Waals surface area contributed by atoms with E-state index in [0.717, 1.165) is 5.56 Å². The second kappa shape index (κ2) is 12.8. The first-order chi connectivity index (χ1) is 8.92. The zero-order chi connectivity index (χ0) is 15.3. The molecule has 0 saturated heterocycles. The van der Waals surface area contributed by atoms with Crippen molar-refractivity contribution in [2.75, 3.05) is 14.2 Å². The van der Waals surface area contributed by atoms with Crippen molar-refractivity contribution < 1.29 is 29.8 Å². The van der Waals surface area contributed by atoms with E-state index < -0.39 is 19.7 Å². The fraction of sp³-hybridized carbons (Fsp3) is 0.364. The van der Waals surface area contributed by atoms with Crippen LogP contribution >= 0.6 is 0 Å². The predicted molar refractivity (Wildman–Crippen MR) is 71.9 cm³/mol. The number of hydrogen-bond acceptors (Lipinski definition) is 6. The molecule has 0 aliphatic heterocycles. The van der Waals surface area contributed by atoms with Gasteiger partial charge in [-0.3, -0.25) is 4.79 Å². The first kappa shape index (κ1) is 19.7. The maximum atomic E-state index is 10.4. The maximum Gasteiger partial charge on any atom is 0.432 e. The van der Waals surface area contributed by atoms with Gasteiger partial charge in [0, 0.05) is 14.2 Å². The van der Waals surface area contributed by atoms with Crippen LogP contribution in [0.15, 0.2) is 24.3 Å². The Morgan fingerprint density at radius 2 is 1.68 bits per heavy atom. The summed E-state index contributed by atoms with van der Waals surface area (Å²) in [6.45, 7) is 0. The largest absolute Gasteiger partial charge is 0.508 e. The van der Waals surface area contributed by atoms with Crippen LogP contribution in [-0.2, 0) is 16.0 Å². The second-order valence-corrected chi connectivity index (χ2v) is 3.36. The smallest absolute Gasteiger partial charge is 0.432 e. The summed E-state index contributed by atoms with van der Waals surface area (Å²) in [5.41, 5.74) is 6.12. The van der Waals surface area contributed by atoms with E-state index in [0.29, 0.717) is 0 Å². The molecular formula is C11H20BNO6. The molecule has 19 heavy (non-hydrogen) atoms. The zero-order valence-electron chi connectivity index (χ0n) is 11.0. The van der Waals surface area contributed by atoms with Crippen molar-refractivity contribution in [1.29, 1.82) is 0 Å². The number of hydrogen-bond donors (Lipinski definition) is 5. The SMILES string of the molecule is COC.NC(Cc1ccc(O)cc1)C(=O)O.OBO. The third-order valence-corrected chi connectivity index (χ3v) is 1.71. The fourth-order valence-electron chi connectivity index (χ4n) is 0.973. The van der Waals surface area contributed by atoms with Crippen LogP contribution in [0, 0.1) is 0 Å². The van der Waals surface area contributed by atoms with Crippen molar-refractivity contribution in [1.82, 2.24) is 0 Å². The second-order valence-electron chi connectivity index (χ2n) is 3.36. The Bertz CT molecular complexity index is 330. The van der Waals surface area contributed by atoms with E-state index >= 15 is 0 Å². The van der Waals surface area contributed by atoms with Gasteiger partial charge in [-0.25, -0.2) is 0 Å². The summed E-state index contributed by atoms with van der Waals surface area (Å²) in [5, 5.41) is 31.7. The zero-order valence-corrected chi connectivity index (χ0v) is 11.0. The van der Waals surface area contributed by atoms with Crippen LogP contribution in [-0.4, -0.2) is 54.2 Å². The van der Waals surface area contributed by atoms with Crippen molar-refractivity contribution in [2.45, 2.75) is 12.5 Å². The minimum absolute atomic E-state index is 0.160. The number of carboxylic acid groups (broad SMARTS) is 1. The number of aliphatic carboxylic acids is 1. The van der Waals surface area contributed by atoms with Crippen LogP contribution in [0.5, 0.6) is 5.75 Å². The molecule has 0 radical (unpaired) electrons. The maximum absolute atomic E-state index is 10.4. The molecule has 0 aliphatic rings. The molecule has 8 heteroatoms. The molecule has 0 bridgehead atoms. The molecule has 1 aromatic rings. The number of benzene rings is 1. The summed E-state index contributed by atoms with van der Waals surface area (Å²) in [6.07, 6.45) is 0.273. The third-order valence-electron chi connectivity index (χ3n) is 1.71. The van der Waals surface area contributed by atoms with Gasteiger partial charge in [0.2, 0.25) is 0 Å². The number of nitrogens with two attached hydrogens (primary N) is 1. The van der Waals surface area contributed by atoms with Crippen LogP contribution in [0.2, 0.25) is 0 Å². The van der Waals surface area contributed by atoms with Crippen LogP contribution in [0.25, 0.3) is 0 Å². The summed E-state index contributed by atoms with van der Waals surface area (Å²) in [5.74, 6) is -0.860. The van der Waals surface area contributed by atoms with E-state index in [-0.39, 0.29) is 12.2 Å². The Morgan fingerprint density at radius 3 is 2.00 bits per heavy atom. The van der Waals surface area contributed by atoms with Crippen molar-refractivity contribution in [3.63, 3.8) is 0 Å². The molecule has 108 valence electrons. The molecule has 0 amide bonds. The lowest BCUT2D eigenvalue weighted by Crippen LogP contribution is -2.32. The highest BCUT2D eigenvalue weighted by Crippen LogP contribution is 2.10. The first-order valence-electron chi connectivity index (χ1n) is 5.31. The van der Waals surface area contributed by atoms with Crippen molar-refractivity contribution >= 4 is 13.7 Å². The van der Waals surface area contributed by atoms with E-state index in [4.69, 9.17) is 26.0 Å². The molecule has 1 atom stereocenters. The lowest BCUT2D eigenvalue weighted by atomic mass is 10.1. The highest BCUT2D eigenvalue weighted by Gasteiger charge is 2.11. The quantitative estimate of drug-likeness (QED) is 0.439. The highest BCUT2D eigenvalue weighted by atomic mass is 16.4. The Balaban J connectivity index is 0. The van der Waals surface area contributed by atoms with Crippen molar-refractivity contribution in [2.24, 2.45) is 5.73 Å². The minimum Gasteiger partial charge on any atom is -0.508 e. The molecule has 7 nitrogen and oxygen atoms in total. The van der Waals surface area contributed by atoms with Crippen LogP contribution in [0.4, 0.5) is 0 Å². The van der Waals surface area contributed by atoms with E-state index in [1.165, 1.54) is 12.1 Å². The van der Waals surface area contributed by atoms with Crippen LogP contribution in [0.3, 0.4) is 0 Å². The topological polar surface area (TPSA) is 133 Å². The molecule has 6 N–H and O–H groups in total. The van der Waals surface area contributed by atoms with E-state index in [2.05, 4.69) is 4.74 Å². The molecule has 0 saturated carbocycles. The highest BCUT2D eigenvalue weighted by molar-refractivity contribution is 6.13. The van der Waals surface area contributed by atoms with Crippen molar-refractivity contribution in [3.8, 4) is 5.75 Å². The van der Waals surface area contributed by atoms with Crippen LogP contribution in [0.1, 0.15) is 5.56 Å². The van der Waals surface area contributed by atoms with Gasteiger partial charge < -0.3 is 30.7 Å². The number of aromatic hydroxyl groups is 1. The molecule has 0 aliphatic carbocycles. The van der Waals surface area contributed by atoms with Gasteiger partial charge in [0.15, 0.2) is 0 Å². The molecule has 0 aromatic heterocycles. The fourth-order valence-corrected chi connectivity index (χ4v) is 0.973. The molecule has 1 rings (SSSR count). The lowest BCUT2D eigenvalue weighted by Gasteiger charge is -2.05. The van der Waals surface area contributed by atoms with E-state index in [9.17, 15) is 4.79 Å². The number of methoxy groups -OCH3 is 1. The first-order valence-corrected chi connectivity index (χ1v) is 5.31. The van der Waals surface area contributed by atoms with Gasteiger partial charge in [-0.2, -0.15) is 0 Å². The van der Waals surface area contributed by atoms with Gasteiger partial charge in [-0.05, 0) is 24.1 Å². The monoisotopic (exact) mass is 273 g/mol. The summed E-state index contributed by atoms with van der Waals surface area (Å²) in [7, 11) is 2.50. The van der Waals surface area contributed by atoms with Gasteiger partial charge >= 0.3 is 13.7 Å². The Morgan fingerprint density at radius 1 is 1.32 bits per heavy atom. The third kappa shape index (κ3) is 12.6. The summed E-state index contributed by atoms with van der Waals surface area (Å²) >= 11 is 0. The Hall–Kier alpha value is -1.61. The molecule has 0 spiro atoms. The predicted octanol–water partition coefficient (Wildman–Crippen LogP) is -1.15.